The van der Waals surface area contributed by atoms with Gasteiger partial charge < -0.3 is 19.1 Å². The average molecular weight is 365 g/mol. The fourth-order valence-corrected chi connectivity index (χ4v) is 4.79. The Hall–Kier alpha value is -1.54. The number of rotatable bonds is 3. The number of piperidine rings is 1. The highest BCUT2D eigenvalue weighted by Crippen LogP contribution is 2.36. The average Bonchev–Trinajstić information content (AvgIpc) is 3.21. The van der Waals surface area contributed by atoms with Gasteiger partial charge in [-0.25, -0.2) is 4.39 Å². The molecule has 0 unspecified atom stereocenters. The van der Waals surface area contributed by atoms with E-state index in [1.54, 1.807) is 18.1 Å². The van der Waals surface area contributed by atoms with Crippen molar-refractivity contribution in [2.24, 2.45) is 0 Å². The summed E-state index contributed by atoms with van der Waals surface area (Å²) >= 11 is 1.33. The minimum absolute atomic E-state index is 0.0690. The normalized spacial score (nSPS) is 19.8. The number of methoxy groups -OCH3 is 1. The highest BCUT2D eigenvalue weighted by Gasteiger charge is 2.41. The lowest BCUT2D eigenvalue weighted by atomic mass is 10.0. The molecule has 0 aliphatic carbocycles. The molecule has 2 fully saturated rings. The molecule has 2 aliphatic heterocycles. The van der Waals surface area contributed by atoms with Crippen molar-refractivity contribution in [1.82, 2.24) is 4.90 Å². The van der Waals surface area contributed by atoms with Crippen molar-refractivity contribution >= 4 is 27.3 Å². The number of likely N-dealkylation sites (tertiary alicyclic amines) is 1. The minimum Gasteiger partial charge on any atom is -0.380 e. The van der Waals surface area contributed by atoms with E-state index in [1.165, 1.54) is 17.4 Å². The third-order valence-electron chi connectivity index (χ3n) is 4.87. The Labute approximate surface area is 149 Å². The van der Waals surface area contributed by atoms with Gasteiger partial charge in [0.05, 0.1) is 24.7 Å². The van der Waals surface area contributed by atoms with E-state index in [9.17, 15) is 9.18 Å². The first-order chi connectivity index (χ1) is 12.1. The molecular weight excluding hydrogens is 345 g/mol. The van der Waals surface area contributed by atoms with Crippen molar-refractivity contribution in [3.05, 3.63) is 34.5 Å². The molecule has 0 saturated carbocycles. The molecule has 134 valence electrons. The van der Waals surface area contributed by atoms with Crippen LogP contribution in [0, 0.1) is 5.82 Å². The van der Waals surface area contributed by atoms with Crippen LogP contribution in [0.3, 0.4) is 0 Å². The zero-order valence-electron chi connectivity index (χ0n) is 14.0. The Morgan fingerprint density at radius 2 is 2.04 bits per heavy atom. The van der Waals surface area contributed by atoms with Gasteiger partial charge in [0.1, 0.15) is 5.82 Å². The molecule has 2 aliphatic rings. The van der Waals surface area contributed by atoms with Crippen molar-refractivity contribution in [3.8, 4) is 0 Å². The monoisotopic (exact) mass is 365 g/mol. The first kappa shape index (κ1) is 16.9. The summed E-state index contributed by atoms with van der Waals surface area (Å²) < 4.78 is 31.7. The summed E-state index contributed by atoms with van der Waals surface area (Å²) in [7, 11) is 1.55. The molecule has 1 spiro atoms. The summed E-state index contributed by atoms with van der Waals surface area (Å²) in [6.07, 6.45) is 1.33. The van der Waals surface area contributed by atoms with Crippen molar-refractivity contribution in [2.45, 2.75) is 25.2 Å². The number of amides is 1. The molecule has 0 N–H and O–H groups in total. The summed E-state index contributed by atoms with van der Waals surface area (Å²) in [6.45, 7) is 2.58. The predicted molar refractivity (Wildman–Crippen MR) is 92.3 cm³/mol. The second-order valence-corrected chi connectivity index (χ2v) is 7.41. The topological polar surface area (TPSA) is 48.0 Å². The summed E-state index contributed by atoms with van der Waals surface area (Å²) in [5, 5.41) is 0.494. The van der Waals surface area contributed by atoms with E-state index in [0.717, 1.165) is 4.70 Å². The van der Waals surface area contributed by atoms with Crippen LogP contribution in [0.25, 0.3) is 10.1 Å². The number of ether oxygens (including phenoxy) is 3. The van der Waals surface area contributed by atoms with E-state index >= 15 is 0 Å². The van der Waals surface area contributed by atoms with Crippen LogP contribution in [-0.2, 0) is 20.8 Å². The van der Waals surface area contributed by atoms with Gasteiger partial charge in [-0.05, 0) is 12.1 Å². The molecule has 2 saturated heterocycles. The fourth-order valence-electron chi connectivity index (χ4n) is 3.60. The second-order valence-electron chi connectivity index (χ2n) is 6.36. The quantitative estimate of drug-likeness (QED) is 0.838. The summed E-state index contributed by atoms with van der Waals surface area (Å²) in [5.41, 5.74) is 0.638. The maximum absolute atomic E-state index is 14.3. The third-order valence-corrected chi connectivity index (χ3v) is 6.06. The predicted octanol–water partition coefficient (Wildman–Crippen LogP) is 3.17. The number of hydrogen-bond acceptors (Lipinski definition) is 5. The number of hydrogen-bond donors (Lipinski definition) is 0. The van der Waals surface area contributed by atoms with Crippen molar-refractivity contribution in [1.29, 1.82) is 0 Å². The van der Waals surface area contributed by atoms with Crippen LogP contribution in [0.5, 0.6) is 0 Å². The molecule has 1 aromatic carbocycles. The van der Waals surface area contributed by atoms with Crippen LogP contribution in [0.4, 0.5) is 4.39 Å². The van der Waals surface area contributed by atoms with Gasteiger partial charge in [0, 0.05) is 48.7 Å². The standard InChI is InChI=1S/C18H20FNO4S/c1-22-11-12-15-13(19)3-2-4-14(15)25-16(12)17(21)20-7-5-18(6-8-20)23-9-10-24-18/h2-4H,5-11H2,1H3. The Morgan fingerprint density at radius 1 is 1.32 bits per heavy atom. The summed E-state index contributed by atoms with van der Waals surface area (Å²) in [4.78, 5) is 15.4. The largest absolute Gasteiger partial charge is 0.380 e. The van der Waals surface area contributed by atoms with Crippen molar-refractivity contribution in [2.75, 3.05) is 33.4 Å². The van der Waals surface area contributed by atoms with Gasteiger partial charge >= 0.3 is 0 Å². The van der Waals surface area contributed by atoms with Crippen LogP contribution in [0.2, 0.25) is 0 Å². The van der Waals surface area contributed by atoms with Crippen LogP contribution in [0.15, 0.2) is 18.2 Å². The fraction of sp³-hybridized carbons (Fsp3) is 0.500. The van der Waals surface area contributed by atoms with E-state index < -0.39 is 5.79 Å². The van der Waals surface area contributed by atoms with Gasteiger partial charge in [0.2, 0.25) is 0 Å². The lowest BCUT2D eigenvalue weighted by molar-refractivity contribution is -0.181. The molecule has 3 heterocycles. The van der Waals surface area contributed by atoms with Crippen LogP contribution < -0.4 is 0 Å². The smallest absolute Gasteiger partial charge is 0.264 e. The van der Waals surface area contributed by atoms with Gasteiger partial charge in [0.25, 0.3) is 5.91 Å². The van der Waals surface area contributed by atoms with E-state index in [4.69, 9.17) is 14.2 Å². The number of fused-ring (bicyclic) bond motifs is 1. The number of halogens is 1. The molecule has 0 atom stereocenters. The van der Waals surface area contributed by atoms with E-state index in [1.807, 2.05) is 6.07 Å². The van der Waals surface area contributed by atoms with E-state index in [0.29, 0.717) is 55.0 Å². The summed E-state index contributed by atoms with van der Waals surface area (Å²) in [5.74, 6) is -0.899. The Kier molecular flexibility index (Phi) is 4.49. The molecule has 4 rings (SSSR count). The molecule has 25 heavy (non-hydrogen) atoms. The van der Waals surface area contributed by atoms with E-state index in [-0.39, 0.29) is 18.3 Å². The highest BCUT2D eigenvalue weighted by atomic mass is 32.1. The molecule has 1 amide bonds. The molecule has 0 radical (unpaired) electrons. The Bertz CT molecular complexity index is 790. The van der Waals surface area contributed by atoms with Gasteiger partial charge in [-0.2, -0.15) is 0 Å². The van der Waals surface area contributed by atoms with Crippen LogP contribution in [0.1, 0.15) is 28.1 Å². The SMILES string of the molecule is COCc1c(C(=O)N2CCC3(CC2)OCCO3)sc2cccc(F)c12. The lowest BCUT2D eigenvalue weighted by Crippen LogP contribution is -2.47. The number of carbonyl (C=O) groups is 1. The molecule has 5 nitrogen and oxygen atoms in total. The molecule has 1 aromatic heterocycles. The molecule has 2 aromatic rings. The molecule has 0 bridgehead atoms. The van der Waals surface area contributed by atoms with Gasteiger partial charge in [-0.15, -0.1) is 11.3 Å². The number of nitrogens with zero attached hydrogens (tertiary/aromatic N) is 1. The first-order valence-electron chi connectivity index (χ1n) is 8.39. The van der Waals surface area contributed by atoms with Crippen molar-refractivity contribution < 1.29 is 23.4 Å². The number of thiophene rings is 1. The minimum atomic E-state index is -0.515. The van der Waals surface area contributed by atoms with Crippen LogP contribution >= 0.6 is 11.3 Å². The number of carbonyl (C=O) groups excluding carboxylic acids is 1. The third kappa shape index (κ3) is 2.95. The maximum Gasteiger partial charge on any atom is 0.264 e. The molecular formula is C18H20FNO4S. The zero-order chi connectivity index (χ0) is 17.4. The van der Waals surface area contributed by atoms with Crippen molar-refractivity contribution in [3.63, 3.8) is 0 Å². The van der Waals surface area contributed by atoms with Crippen LogP contribution in [-0.4, -0.2) is 50.0 Å². The molecule has 7 heteroatoms. The zero-order valence-corrected chi connectivity index (χ0v) is 14.9. The highest BCUT2D eigenvalue weighted by molar-refractivity contribution is 7.21. The number of benzene rings is 1. The Morgan fingerprint density at radius 3 is 2.72 bits per heavy atom. The summed E-state index contributed by atoms with van der Waals surface area (Å²) in [6, 6.07) is 4.92. The maximum atomic E-state index is 14.3. The lowest BCUT2D eigenvalue weighted by Gasteiger charge is -2.37. The Balaban J connectivity index is 1.62. The van der Waals surface area contributed by atoms with Gasteiger partial charge in [-0.1, -0.05) is 6.07 Å². The van der Waals surface area contributed by atoms with E-state index in [2.05, 4.69) is 0 Å². The van der Waals surface area contributed by atoms with Gasteiger partial charge in [-0.3, -0.25) is 4.79 Å². The first-order valence-corrected chi connectivity index (χ1v) is 9.21. The van der Waals surface area contributed by atoms with Gasteiger partial charge in [0.15, 0.2) is 5.79 Å². The second kappa shape index (κ2) is 6.64.